The van der Waals surface area contributed by atoms with E-state index < -0.39 is 28.2 Å². The highest BCUT2D eigenvalue weighted by Gasteiger charge is 2.59. The minimum absolute atomic E-state index is 0.0421. The fraction of sp³-hybridized carbons (Fsp3) is 0.750. The van der Waals surface area contributed by atoms with Gasteiger partial charge in [0, 0.05) is 18.5 Å². The zero-order valence-electron chi connectivity index (χ0n) is 15.3. The first-order chi connectivity index (χ1) is 12.5. The Bertz CT molecular complexity index is 780. The van der Waals surface area contributed by atoms with Gasteiger partial charge in [-0.3, -0.25) is 4.79 Å². The number of aliphatic hydroxyl groups excluding tert-OH is 1. The average Bonchev–Trinajstić information content (AvgIpc) is 3.07. The lowest BCUT2D eigenvalue weighted by atomic mass is 9.76. The van der Waals surface area contributed by atoms with Crippen LogP contribution in [0.2, 0.25) is 0 Å². The number of aliphatic carboxylic acids is 1. The average molecular weight is 402 g/mol. The van der Waals surface area contributed by atoms with Gasteiger partial charge in [0.15, 0.2) is 0 Å². The Morgan fingerprint density at radius 2 is 2.15 bits per heavy atom. The Kier molecular flexibility index (Phi) is 5.34. The van der Waals surface area contributed by atoms with Crippen LogP contribution < -0.4 is 15.2 Å². The van der Waals surface area contributed by atoms with E-state index in [1.807, 2.05) is 6.92 Å². The Morgan fingerprint density at radius 1 is 1.48 bits per heavy atom. The van der Waals surface area contributed by atoms with Crippen LogP contribution in [-0.2, 0) is 19.8 Å². The number of amides is 1. The monoisotopic (exact) mass is 402 g/mol. The Hall–Kier alpha value is -1.53. The van der Waals surface area contributed by atoms with E-state index in [1.165, 1.54) is 4.90 Å². The van der Waals surface area contributed by atoms with Gasteiger partial charge < -0.3 is 20.4 Å². The summed E-state index contributed by atoms with van der Waals surface area (Å²) in [7, 11) is -3.75. The van der Waals surface area contributed by atoms with E-state index in [4.69, 9.17) is 5.14 Å². The largest absolute Gasteiger partial charge is 0.477 e. The van der Waals surface area contributed by atoms with Gasteiger partial charge >= 0.3 is 5.97 Å². The lowest BCUT2D eigenvalue weighted by molar-refractivity contribution is -0.163. The molecule has 27 heavy (non-hydrogen) atoms. The number of aliphatic hydroxyl groups is 1. The van der Waals surface area contributed by atoms with Crippen LogP contribution in [-0.4, -0.2) is 66.7 Å². The summed E-state index contributed by atoms with van der Waals surface area (Å²) in [5.41, 5.74) is 0.761. The van der Waals surface area contributed by atoms with Crippen LogP contribution >= 0.6 is 0 Å². The molecule has 3 rings (SSSR count). The fourth-order valence-electron chi connectivity index (χ4n) is 4.66. The minimum Gasteiger partial charge on any atom is -0.477 e. The lowest BCUT2D eigenvalue weighted by Gasteiger charge is -2.46. The number of carbonyl (C=O) groups is 2. The van der Waals surface area contributed by atoms with E-state index in [1.54, 1.807) is 6.92 Å². The summed E-state index contributed by atoms with van der Waals surface area (Å²) in [5.74, 6) is -2.05. The number of nitrogens with zero attached hydrogens (tertiary/aromatic N) is 1. The van der Waals surface area contributed by atoms with Crippen molar-refractivity contribution in [3.05, 3.63) is 11.3 Å². The standard InChI is InChI=1S/C16H26N4O6S/c1-7-11(4-9-3-10(18-5-9)6-19-27(17,25)26)14(16(23)24)20-13(7)12(8(2)21)15(20)22/h7-10,12-13,18-19,21H,3-6H2,1-2H3,(H,23,24)(H2,17,25,26)/t7-,8+,9+,10-,12+,13+/m0/s1. The molecule has 3 heterocycles. The third kappa shape index (κ3) is 3.74. The van der Waals surface area contributed by atoms with Crippen molar-refractivity contribution in [2.75, 3.05) is 13.1 Å². The molecule has 3 aliphatic rings. The van der Waals surface area contributed by atoms with E-state index in [2.05, 4.69) is 10.0 Å². The number of nitrogens with one attached hydrogen (secondary N) is 2. The van der Waals surface area contributed by atoms with E-state index in [9.17, 15) is 28.2 Å². The van der Waals surface area contributed by atoms with Gasteiger partial charge in [-0.15, -0.1) is 0 Å². The molecule has 0 radical (unpaired) electrons. The van der Waals surface area contributed by atoms with Gasteiger partial charge in [0.25, 0.3) is 10.2 Å². The summed E-state index contributed by atoms with van der Waals surface area (Å²) >= 11 is 0. The third-order valence-electron chi connectivity index (χ3n) is 5.87. The van der Waals surface area contributed by atoms with Crippen molar-refractivity contribution in [2.45, 2.75) is 44.9 Å². The molecule has 10 nitrogen and oxygen atoms in total. The molecule has 0 spiro atoms. The number of hydrogen-bond donors (Lipinski definition) is 5. The number of hydrogen-bond acceptors (Lipinski definition) is 6. The van der Waals surface area contributed by atoms with Crippen LogP contribution in [0.1, 0.15) is 26.7 Å². The van der Waals surface area contributed by atoms with Crippen molar-refractivity contribution >= 4 is 22.1 Å². The van der Waals surface area contributed by atoms with Crippen molar-refractivity contribution in [3.63, 3.8) is 0 Å². The molecule has 0 saturated carbocycles. The molecule has 11 heteroatoms. The van der Waals surface area contributed by atoms with Gasteiger partial charge in [-0.05, 0) is 37.8 Å². The lowest BCUT2D eigenvalue weighted by Crippen LogP contribution is -2.63. The fourth-order valence-corrected chi connectivity index (χ4v) is 5.09. The molecular weight excluding hydrogens is 376 g/mol. The quantitative estimate of drug-likeness (QED) is 0.318. The Labute approximate surface area is 158 Å². The molecule has 6 atom stereocenters. The highest BCUT2D eigenvalue weighted by atomic mass is 32.2. The zero-order valence-corrected chi connectivity index (χ0v) is 16.1. The Balaban J connectivity index is 1.71. The van der Waals surface area contributed by atoms with Crippen LogP contribution in [0, 0.1) is 17.8 Å². The number of rotatable bonds is 7. The van der Waals surface area contributed by atoms with Crippen molar-refractivity contribution in [1.82, 2.24) is 14.9 Å². The first kappa shape index (κ1) is 20.2. The second kappa shape index (κ2) is 7.13. The molecule has 3 aliphatic heterocycles. The predicted molar refractivity (Wildman–Crippen MR) is 95.3 cm³/mol. The molecule has 0 bridgehead atoms. The van der Waals surface area contributed by atoms with Gasteiger partial charge in [-0.2, -0.15) is 8.42 Å². The molecule has 0 aromatic heterocycles. The third-order valence-corrected chi connectivity index (χ3v) is 6.44. The van der Waals surface area contributed by atoms with Crippen LogP contribution in [0.25, 0.3) is 0 Å². The van der Waals surface area contributed by atoms with E-state index in [0.29, 0.717) is 19.4 Å². The molecule has 152 valence electrons. The van der Waals surface area contributed by atoms with Gasteiger partial charge in [-0.25, -0.2) is 14.7 Å². The van der Waals surface area contributed by atoms with Crippen molar-refractivity contribution in [2.24, 2.45) is 22.9 Å². The van der Waals surface area contributed by atoms with Crippen LogP contribution in [0.15, 0.2) is 11.3 Å². The summed E-state index contributed by atoms with van der Waals surface area (Å²) in [6, 6.07) is -0.393. The van der Waals surface area contributed by atoms with Crippen molar-refractivity contribution < 1.29 is 28.2 Å². The molecule has 0 unspecified atom stereocenters. The number of carboxylic acids is 1. The Morgan fingerprint density at radius 3 is 2.70 bits per heavy atom. The second-order valence-electron chi connectivity index (χ2n) is 7.74. The topological polar surface area (TPSA) is 162 Å². The summed E-state index contributed by atoms with van der Waals surface area (Å²) in [6.45, 7) is 4.24. The normalized spacial score (nSPS) is 34.6. The first-order valence-electron chi connectivity index (χ1n) is 8.99. The van der Waals surface area contributed by atoms with Gasteiger partial charge in [0.05, 0.1) is 18.1 Å². The second-order valence-corrected chi connectivity index (χ2v) is 9.12. The van der Waals surface area contributed by atoms with Crippen LogP contribution in [0.4, 0.5) is 0 Å². The number of carbonyl (C=O) groups excluding carboxylic acids is 1. The maximum atomic E-state index is 12.3. The molecular formula is C16H26N4O6S. The summed E-state index contributed by atoms with van der Waals surface area (Å²) in [4.78, 5) is 25.5. The van der Waals surface area contributed by atoms with E-state index in [0.717, 1.165) is 5.57 Å². The predicted octanol–water partition coefficient (Wildman–Crippen LogP) is -1.66. The summed E-state index contributed by atoms with van der Waals surface area (Å²) < 4.78 is 24.3. The molecule has 1 amide bonds. The maximum Gasteiger partial charge on any atom is 0.352 e. The SMILES string of the molecule is C[C@@H](O)[C@H]1C(=O)N2C(C(=O)O)=C(C[C@@H]3CN[C@H](CNS(N)(=O)=O)C3)[C@H](C)[C@H]12. The van der Waals surface area contributed by atoms with Gasteiger partial charge in [-0.1, -0.05) is 6.92 Å². The first-order valence-corrected chi connectivity index (χ1v) is 10.5. The number of carboxylic acid groups (broad SMARTS) is 1. The van der Waals surface area contributed by atoms with Crippen LogP contribution in [0.5, 0.6) is 0 Å². The minimum atomic E-state index is -3.75. The highest BCUT2D eigenvalue weighted by Crippen LogP contribution is 2.49. The molecule has 0 aliphatic carbocycles. The maximum absolute atomic E-state index is 12.3. The molecule has 2 fully saturated rings. The van der Waals surface area contributed by atoms with Crippen molar-refractivity contribution in [1.29, 1.82) is 0 Å². The molecule has 0 aromatic carbocycles. The van der Waals surface area contributed by atoms with Crippen molar-refractivity contribution in [3.8, 4) is 0 Å². The molecule has 2 saturated heterocycles. The smallest absolute Gasteiger partial charge is 0.352 e. The summed E-state index contributed by atoms with van der Waals surface area (Å²) in [6.07, 6.45) is 0.357. The molecule has 0 aromatic rings. The number of β-lactam (4-membered cyclic amide) rings is 1. The molecule has 6 N–H and O–H groups in total. The highest BCUT2D eigenvalue weighted by molar-refractivity contribution is 7.87. The van der Waals surface area contributed by atoms with Gasteiger partial charge in [0.1, 0.15) is 5.70 Å². The van der Waals surface area contributed by atoms with E-state index >= 15 is 0 Å². The van der Waals surface area contributed by atoms with Gasteiger partial charge in [0.2, 0.25) is 5.91 Å². The summed E-state index contributed by atoms with van der Waals surface area (Å²) in [5, 5.41) is 27.7. The number of nitrogens with two attached hydrogens (primary N) is 1. The van der Waals surface area contributed by atoms with Crippen LogP contribution in [0.3, 0.4) is 0 Å². The zero-order chi connectivity index (χ0) is 20.1. The van der Waals surface area contributed by atoms with E-state index in [-0.39, 0.29) is 42.1 Å². The number of fused-ring (bicyclic) bond motifs is 1.